The van der Waals surface area contributed by atoms with Crippen LogP contribution in [0.3, 0.4) is 0 Å². The Bertz CT molecular complexity index is 1450. The molecule has 0 spiro atoms. The number of anilines is 1. The molecule has 0 unspecified atom stereocenters. The van der Waals surface area contributed by atoms with Crippen molar-refractivity contribution in [3.05, 3.63) is 87.4 Å². The zero-order chi connectivity index (χ0) is 29.6. The van der Waals surface area contributed by atoms with Crippen LogP contribution in [-0.4, -0.2) is 50.9 Å². The molecule has 11 heteroatoms. The van der Waals surface area contributed by atoms with Gasteiger partial charge in [0.2, 0.25) is 11.8 Å². The van der Waals surface area contributed by atoms with Crippen LogP contribution in [0.5, 0.6) is 5.75 Å². The molecule has 0 aromatic heterocycles. The lowest BCUT2D eigenvalue weighted by atomic mass is 10.1. The molecule has 3 rings (SSSR count). The van der Waals surface area contributed by atoms with Gasteiger partial charge in [0.05, 0.1) is 22.7 Å². The summed E-state index contributed by atoms with van der Waals surface area (Å²) in [5.41, 5.74) is 1.85. The summed E-state index contributed by atoms with van der Waals surface area (Å²) in [5.74, 6) is -0.543. The van der Waals surface area contributed by atoms with Gasteiger partial charge < -0.3 is 15.0 Å². The first-order valence-electron chi connectivity index (χ1n) is 12.6. The third-order valence-electron chi connectivity index (χ3n) is 6.18. The number of carbonyl (C=O) groups excluding carboxylic acids is 2. The SMILES string of the molecule is COc1ccc(N(CC(=O)N(Cc2ccc(Br)cc2)[C@@H](C)C(=O)NC(C)C)S(=O)(=O)c2ccc(C)cc2)cc1Cl. The van der Waals surface area contributed by atoms with Crippen LogP contribution < -0.4 is 14.4 Å². The minimum Gasteiger partial charge on any atom is -0.495 e. The van der Waals surface area contributed by atoms with Gasteiger partial charge in [-0.15, -0.1) is 0 Å². The van der Waals surface area contributed by atoms with Gasteiger partial charge in [-0.25, -0.2) is 8.42 Å². The van der Waals surface area contributed by atoms with E-state index in [1.54, 1.807) is 19.1 Å². The quantitative estimate of drug-likeness (QED) is 0.293. The number of amides is 2. The van der Waals surface area contributed by atoms with Gasteiger partial charge in [0, 0.05) is 17.1 Å². The van der Waals surface area contributed by atoms with Crippen LogP contribution in [0, 0.1) is 6.92 Å². The lowest BCUT2D eigenvalue weighted by Gasteiger charge is -2.32. The second-order valence-electron chi connectivity index (χ2n) is 9.63. The number of rotatable bonds is 11. The maximum atomic E-state index is 13.9. The Hall–Kier alpha value is -3.08. The predicted octanol–water partition coefficient (Wildman–Crippen LogP) is 5.56. The molecule has 8 nitrogen and oxygen atoms in total. The molecule has 0 heterocycles. The largest absolute Gasteiger partial charge is 0.495 e. The molecule has 0 saturated carbocycles. The van der Waals surface area contributed by atoms with Crippen molar-refractivity contribution in [2.24, 2.45) is 0 Å². The smallest absolute Gasteiger partial charge is 0.264 e. The van der Waals surface area contributed by atoms with Crippen molar-refractivity contribution in [2.75, 3.05) is 18.0 Å². The van der Waals surface area contributed by atoms with Crippen LogP contribution in [0.2, 0.25) is 5.02 Å². The van der Waals surface area contributed by atoms with Crippen molar-refractivity contribution >= 4 is 55.1 Å². The normalized spacial score (nSPS) is 12.1. The molecule has 0 aliphatic carbocycles. The van der Waals surface area contributed by atoms with E-state index in [1.165, 1.54) is 42.3 Å². The van der Waals surface area contributed by atoms with Crippen molar-refractivity contribution in [1.82, 2.24) is 10.2 Å². The highest BCUT2D eigenvalue weighted by molar-refractivity contribution is 9.10. The number of hydrogen-bond acceptors (Lipinski definition) is 5. The average Bonchev–Trinajstić information content (AvgIpc) is 2.90. The first-order valence-corrected chi connectivity index (χ1v) is 15.2. The number of ether oxygens (including phenoxy) is 1. The number of halogens is 2. The first-order chi connectivity index (χ1) is 18.8. The number of aryl methyl sites for hydroxylation is 1. The van der Waals surface area contributed by atoms with Crippen LogP contribution in [-0.2, 0) is 26.2 Å². The van der Waals surface area contributed by atoms with Gasteiger partial charge in [-0.05, 0) is 75.7 Å². The van der Waals surface area contributed by atoms with Gasteiger partial charge in [0.15, 0.2) is 0 Å². The number of nitrogens with zero attached hydrogens (tertiary/aromatic N) is 2. The highest BCUT2D eigenvalue weighted by atomic mass is 79.9. The van der Waals surface area contributed by atoms with Crippen molar-refractivity contribution in [1.29, 1.82) is 0 Å². The molecule has 2 amide bonds. The summed E-state index contributed by atoms with van der Waals surface area (Å²) >= 11 is 9.76. The molecule has 3 aromatic rings. The van der Waals surface area contributed by atoms with Gasteiger partial charge in [0.25, 0.3) is 10.0 Å². The second kappa shape index (κ2) is 13.5. The number of carbonyl (C=O) groups is 2. The van der Waals surface area contributed by atoms with Crippen molar-refractivity contribution in [3.63, 3.8) is 0 Å². The number of sulfonamides is 1. The highest BCUT2D eigenvalue weighted by Crippen LogP contribution is 2.32. The van der Waals surface area contributed by atoms with Gasteiger partial charge >= 0.3 is 0 Å². The molecule has 214 valence electrons. The Kier molecular flexibility index (Phi) is 10.6. The van der Waals surface area contributed by atoms with E-state index < -0.39 is 28.5 Å². The first kappa shape index (κ1) is 31.4. The molecule has 0 aliphatic rings. The number of hydrogen-bond donors (Lipinski definition) is 1. The van der Waals surface area contributed by atoms with Crippen LogP contribution in [0.4, 0.5) is 5.69 Å². The van der Waals surface area contributed by atoms with E-state index in [9.17, 15) is 18.0 Å². The molecule has 0 fully saturated rings. The summed E-state index contributed by atoms with van der Waals surface area (Å²) in [5, 5.41) is 3.02. The zero-order valence-corrected chi connectivity index (χ0v) is 26.2. The van der Waals surface area contributed by atoms with E-state index in [0.717, 1.165) is 19.9 Å². The second-order valence-corrected chi connectivity index (χ2v) is 12.8. The van der Waals surface area contributed by atoms with Gasteiger partial charge in [-0.1, -0.05) is 57.4 Å². The molecule has 40 heavy (non-hydrogen) atoms. The van der Waals surface area contributed by atoms with Gasteiger partial charge in [-0.2, -0.15) is 0 Å². The van der Waals surface area contributed by atoms with E-state index in [-0.39, 0.29) is 34.1 Å². The fraction of sp³-hybridized carbons (Fsp3) is 0.310. The molecule has 1 N–H and O–H groups in total. The maximum Gasteiger partial charge on any atom is 0.264 e. The van der Waals surface area contributed by atoms with Crippen LogP contribution in [0.1, 0.15) is 31.9 Å². The summed E-state index contributed by atoms with van der Waals surface area (Å²) in [4.78, 5) is 28.3. The van der Waals surface area contributed by atoms with E-state index >= 15 is 0 Å². The summed E-state index contributed by atoms with van der Waals surface area (Å²) in [6.45, 7) is 6.67. The summed E-state index contributed by atoms with van der Waals surface area (Å²) in [6, 6.07) is 17.2. The Labute approximate surface area is 249 Å². The zero-order valence-electron chi connectivity index (χ0n) is 23.0. The topological polar surface area (TPSA) is 96.0 Å². The van der Waals surface area contributed by atoms with Crippen LogP contribution >= 0.6 is 27.5 Å². The third kappa shape index (κ3) is 7.77. The highest BCUT2D eigenvalue weighted by Gasteiger charge is 2.33. The molecular formula is C29H33BrClN3O5S. The van der Waals surface area contributed by atoms with Crippen molar-refractivity contribution in [3.8, 4) is 5.75 Å². The summed E-state index contributed by atoms with van der Waals surface area (Å²) < 4.78 is 34.9. The fourth-order valence-electron chi connectivity index (χ4n) is 3.95. The van der Waals surface area contributed by atoms with Crippen LogP contribution in [0.25, 0.3) is 0 Å². The van der Waals surface area contributed by atoms with E-state index in [4.69, 9.17) is 16.3 Å². The van der Waals surface area contributed by atoms with Crippen LogP contribution in [0.15, 0.2) is 76.1 Å². The predicted molar refractivity (Wildman–Crippen MR) is 161 cm³/mol. The molecule has 0 saturated heterocycles. The summed E-state index contributed by atoms with van der Waals surface area (Å²) in [6.07, 6.45) is 0. The lowest BCUT2D eigenvalue weighted by Crippen LogP contribution is -2.52. The Morgan fingerprint density at radius 3 is 2.17 bits per heavy atom. The molecule has 0 aliphatic heterocycles. The third-order valence-corrected chi connectivity index (χ3v) is 8.79. The number of benzene rings is 3. The molecular weight excluding hydrogens is 618 g/mol. The molecule has 1 atom stereocenters. The number of nitrogens with one attached hydrogen (secondary N) is 1. The van der Waals surface area contributed by atoms with E-state index in [2.05, 4.69) is 21.2 Å². The van der Waals surface area contributed by atoms with E-state index in [1.807, 2.05) is 45.0 Å². The average molecular weight is 651 g/mol. The van der Waals surface area contributed by atoms with Gasteiger partial charge in [0.1, 0.15) is 18.3 Å². The Morgan fingerprint density at radius 2 is 1.62 bits per heavy atom. The maximum absolute atomic E-state index is 13.9. The Balaban J connectivity index is 2.06. The van der Waals surface area contributed by atoms with E-state index in [0.29, 0.717) is 5.75 Å². The minimum atomic E-state index is -4.20. The van der Waals surface area contributed by atoms with Crippen molar-refractivity contribution < 1.29 is 22.7 Å². The fourth-order valence-corrected chi connectivity index (χ4v) is 5.87. The lowest BCUT2D eigenvalue weighted by molar-refractivity contribution is -0.139. The van der Waals surface area contributed by atoms with Crippen molar-refractivity contribution in [2.45, 2.75) is 51.2 Å². The standard InChI is InChI=1S/C29H33BrClN3O5S/c1-19(2)32-29(36)21(4)33(17-22-8-10-23(30)11-9-22)28(35)18-34(24-12-15-27(39-5)26(31)16-24)40(37,38)25-13-6-20(3)7-14-25/h6-16,19,21H,17-18H2,1-5H3,(H,32,36)/t21-/m0/s1. The number of methoxy groups -OCH3 is 1. The minimum absolute atomic E-state index is 0.0166. The molecule has 3 aromatic carbocycles. The monoisotopic (exact) mass is 649 g/mol. The summed E-state index contributed by atoms with van der Waals surface area (Å²) in [7, 11) is -2.75. The molecule has 0 bridgehead atoms. The van der Waals surface area contributed by atoms with Gasteiger partial charge in [-0.3, -0.25) is 13.9 Å². The molecule has 0 radical (unpaired) electrons. The Morgan fingerprint density at radius 1 is 1.00 bits per heavy atom.